The molecule has 4 nitrogen and oxygen atoms in total. The van der Waals surface area contributed by atoms with Gasteiger partial charge in [0.1, 0.15) is 0 Å². The predicted octanol–water partition coefficient (Wildman–Crippen LogP) is 1.99. The topological polar surface area (TPSA) is 49.4 Å². The predicted molar refractivity (Wildman–Crippen MR) is 65.4 cm³/mol. The van der Waals surface area contributed by atoms with Crippen LogP contribution in [0, 0.1) is 0 Å². The molecule has 5 heteroatoms. The van der Waals surface area contributed by atoms with Crippen LogP contribution in [-0.2, 0) is 11.2 Å². The molecule has 0 radical (unpaired) electrons. The van der Waals surface area contributed by atoms with Crippen LogP contribution in [0.2, 0.25) is 0 Å². The Hall–Kier alpha value is -1.36. The van der Waals surface area contributed by atoms with E-state index in [4.69, 9.17) is 0 Å². The second kappa shape index (κ2) is 3.84. The summed E-state index contributed by atoms with van der Waals surface area (Å²) in [6, 6.07) is 5.66. The van der Waals surface area contributed by atoms with Gasteiger partial charge in [-0.3, -0.25) is 9.69 Å². The fourth-order valence-corrected chi connectivity index (χ4v) is 2.99. The lowest BCUT2D eigenvalue weighted by Crippen LogP contribution is -2.33. The van der Waals surface area contributed by atoms with E-state index in [2.05, 4.69) is 27.3 Å². The van der Waals surface area contributed by atoms with E-state index >= 15 is 0 Å². The van der Waals surface area contributed by atoms with Gasteiger partial charge in [-0.05, 0) is 36.1 Å². The molecule has 3 rings (SSSR count). The van der Waals surface area contributed by atoms with Crippen LogP contribution >= 0.6 is 15.9 Å². The van der Waals surface area contributed by atoms with Crippen LogP contribution in [0.25, 0.3) is 0 Å². The molecule has 1 saturated heterocycles. The van der Waals surface area contributed by atoms with Gasteiger partial charge in [0.15, 0.2) is 0 Å². The second-order valence-corrected chi connectivity index (χ2v) is 5.24. The maximum absolute atomic E-state index is 11.7. The minimum Gasteiger partial charge on any atom is -0.329 e. The molecule has 0 saturated carbocycles. The first-order valence-corrected chi connectivity index (χ1v) is 6.34. The average Bonchev–Trinajstić information content (AvgIpc) is 2.83. The van der Waals surface area contributed by atoms with Crippen molar-refractivity contribution in [2.75, 3.05) is 6.54 Å². The van der Waals surface area contributed by atoms with Crippen LogP contribution < -0.4 is 5.32 Å². The Bertz CT molecular complexity index is 499. The van der Waals surface area contributed by atoms with Gasteiger partial charge < -0.3 is 5.32 Å². The largest absolute Gasteiger partial charge is 0.329 e. The van der Waals surface area contributed by atoms with Crippen LogP contribution in [0.1, 0.15) is 23.6 Å². The average molecular weight is 295 g/mol. The van der Waals surface area contributed by atoms with Gasteiger partial charge in [-0.15, -0.1) is 0 Å². The van der Waals surface area contributed by atoms with Gasteiger partial charge in [0.2, 0.25) is 0 Å². The van der Waals surface area contributed by atoms with Crippen LogP contribution in [-0.4, -0.2) is 23.4 Å². The Labute approximate surface area is 107 Å². The van der Waals surface area contributed by atoms with E-state index in [9.17, 15) is 9.59 Å². The molecule has 3 amide bonds. The Kier molecular flexibility index (Phi) is 2.43. The highest BCUT2D eigenvalue weighted by atomic mass is 79.9. The zero-order chi connectivity index (χ0) is 12.0. The number of amides is 3. The molecule has 0 aromatic heterocycles. The number of imide groups is 1. The summed E-state index contributed by atoms with van der Waals surface area (Å²) in [6.45, 7) is 0.126. The van der Waals surface area contributed by atoms with Crippen molar-refractivity contribution in [3.63, 3.8) is 0 Å². The minimum atomic E-state index is -0.268. The first-order valence-electron chi connectivity index (χ1n) is 5.55. The summed E-state index contributed by atoms with van der Waals surface area (Å²) in [7, 11) is 0. The van der Waals surface area contributed by atoms with Crippen LogP contribution in [0.5, 0.6) is 0 Å². The highest BCUT2D eigenvalue weighted by Gasteiger charge is 2.38. The quantitative estimate of drug-likeness (QED) is 0.805. The molecule has 1 aromatic rings. The third-order valence-corrected chi connectivity index (χ3v) is 3.83. The van der Waals surface area contributed by atoms with Gasteiger partial charge in [-0.2, -0.15) is 0 Å². The number of nitrogens with zero attached hydrogens (tertiary/aromatic N) is 1. The fourth-order valence-electron chi connectivity index (χ4n) is 2.58. The summed E-state index contributed by atoms with van der Waals surface area (Å²) in [5.41, 5.74) is 2.32. The third kappa shape index (κ3) is 1.65. The van der Waals surface area contributed by atoms with Crippen molar-refractivity contribution in [1.82, 2.24) is 10.2 Å². The smallest absolute Gasteiger partial charge is 0.325 e. The van der Waals surface area contributed by atoms with Crippen molar-refractivity contribution in [3.05, 3.63) is 33.8 Å². The number of benzene rings is 1. The third-order valence-electron chi connectivity index (χ3n) is 3.34. The van der Waals surface area contributed by atoms with Crippen LogP contribution in [0.3, 0.4) is 0 Å². The van der Waals surface area contributed by atoms with Crippen molar-refractivity contribution in [3.8, 4) is 0 Å². The Morgan fingerprint density at radius 3 is 2.88 bits per heavy atom. The van der Waals surface area contributed by atoms with E-state index < -0.39 is 0 Å². The number of nitrogens with one attached hydrogen (secondary N) is 1. The van der Waals surface area contributed by atoms with Crippen molar-refractivity contribution < 1.29 is 9.59 Å². The standard InChI is InChI=1S/C12H11BrN2O2/c13-8-2-3-9-7(5-8)1-4-10(9)15-11(16)6-14-12(15)17/h2-3,5,10H,1,4,6H2,(H,14,17)/t10-/m1/s1. The van der Waals surface area contributed by atoms with Crippen molar-refractivity contribution >= 4 is 27.9 Å². The first kappa shape index (κ1) is 10.8. The maximum atomic E-state index is 11.7. The number of carbonyl (C=O) groups excluding carboxylic acids is 2. The summed E-state index contributed by atoms with van der Waals surface area (Å²) < 4.78 is 1.04. The lowest BCUT2D eigenvalue weighted by atomic mass is 10.1. The number of fused-ring (bicyclic) bond motifs is 1. The van der Waals surface area contributed by atoms with E-state index in [1.807, 2.05) is 12.1 Å². The molecular weight excluding hydrogens is 284 g/mol. The van der Waals surface area contributed by atoms with Gasteiger partial charge in [0, 0.05) is 4.47 Å². The summed E-state index contributed by atoms with van der Waals surface area (Å²) >= 11 is 3.43. The van der Waals surface area contributed by atoms with Gasteiger partial charge in [-0.25, -0.2) is 4.79 Å². The van der Waals surface area contributed by atoms with E-state index in [1.165, 1.54) is 10.5 Å². The lowest BCUT2D eigenvalue weighted by Gasteiger charge is -2.21. The summed E-state index contributed by atoms with van der Waals surface area (Å²) in [5.74, 6) is -0.129. The molecule has 1 atom stereocenters. The number of hydrogen-bond donors (Lipinski definition) is 1. The molecule has 2 aliphatic rings. The highest BCUT2D eigenvalue weighted by molar-refractivity contribution is 9.10. The summed E-state index contributed by atoms with van der Waals surface area (Å²) in [6.07, 6.45) is 1.74. The van der Waals surface area contributed by atoms with Crippen LogP contribution in [0.4, 0.5) is 4.79 Å². The van der Waals surface area contributed by atoms with Crippen molar-refractivity contribution in [2.24, 2.45) is 0 Å². The number of rotatable bonds is 1. The van der Waals surface area contributed by atoms with Gasteiger partial charge in [0.25, 0.3) is 5.91 Å². The van der Waals surface area contributed by atoms with E-state index in [0.717, 1.165) is 22.9 Å². The van der Waals surface area contributed by atoms with Crippen LogP contribution in [0.15, 0.2) is 22.7 Å². The monoisotopic (exact) mass is 294 g/mol. The van der Waals surface area contributed by atoms with E-state index in [0.29, 0.717) is 0 Å². The molecule has 1 fully saturated rings. The van der Waals surface area contributed by atoms with E-state index in [1.54, 1.807) is 0 Å². The molecule has 1 aliphatic carbocycles. The van der Waals surface area contributed by atoms with Gasteiger partial charge in [-0.1, -0.05) is 22.0 Å². The molecule has 0 unspecified atom stereocenters. The molecule has 17 heavy (non-hydrogen) atoms. The van der Waals surface area contributed by atoms with Gasteiger partial charge in [0.05, 0.1) is 12.6 Å². The minimum absolute atomic E-state index is 0.0897. The van der Waals surface area contributed by atoms with E-state index in [-0.39, 0.29) is 24.5 Å². The maximum Gasteiger partial charge on any atom is 0.325 e. The van der Waals surface area contributed by atoms with Crippen molar-refractivity contribution in [2.45, 2.75) is 18.9 Å². The summed E-state index contributed by atoms with van der Waals surface area (Å²) in [5, 5.41) is 2.57. The zero-order valence-electron chi connectivity index (χ0n) is 9.07. The molecule has 1 aromatic carbocycles. The lowest BCUT2D eigenvalue weighted by molar-refractivity contribution is -0.126. The molecule has 0 bridgehead atoms. The normalized spacial score (nSPS) is 22.9. The molecule has 88 valence electrons. The van der Waals surface area contributed by atoms with Gasteiger partial charge >= 0.3 is 6.03 Å². The number of carbonyl (C=O) groups is 2. The SMILES string of the molecule is O=C1CNC(=O)N1[C@@H]1CCc2cc(Br)ccc21. The molecule has 0 spiro atoms. The zero-order valence-corrected chi connectivity index (χ0v) is 10.7. The fraction of sp³-hybridized carbons (Fsp3) is 0.333. The molecule has 1 aliphatic heterocycles. The molecular formula is C12H11BrN2O2. The second-order valence-electron chi connectivity index (χ2n) is 4.32. The first-order chi connectivity index (χ1) is 8.16. The number of halogens is 1. The Morgan fingerprint density at radius 2 is 2.18 bits per heavy atom. The number of aryl methyl sites for hydroxylation is 1. The molecule has 1 N–H and O–H groups in total. The number of hydrogen-bond acceptors (Lipinski definition) is 2. The Balaban J connectivity index is 1.98. The number of urea groups is 1. The highest BCUT2D eigenvalue weighted by Crippen LogP contribution is 2.37. The molecule has 1 heterocycles. The van der Waals surface area contributed by atoms with Crippen molar-refractivity contribution in [1.29, 1.82) is 0 Å². The summed E-state index contributed by atoms with van der Waals surface area (Å²) in [4.78, 5) is 24.7. The Morgan fingerprint density at radius 1 is 1.35 bits per heavy atom.